The third-order valence-corrected chi connectivity index (χ3v) is 3.02. The maximum atomic E-state index is 12.1. The summed E-state index contributed by atoms with van der Waals surface area (Å²) in [4.78, 5) is 23.9. The number of nitrogens with one attached hydrogen (secondary N) is 1. The number of amides is 1. The van der Waals surface area contributed by atoms with E-state index in [0.29, 0.717) is 5.76 Å². The van der Waals surface area contributed by atoms with Crippen LogP contribution in [0, 0.1) is 5.92 Å². The van der Waals surface area contributed by atoms with E-state index < -0.39 is 6.04 Å². The fraction of sp³-hybridized carbons (Fsp3) is 0.538. The molecule has 0 aromatic heterocycles. The predicted molar refractivity (Wildman–Crippen MR) is 63.1 cm³/mol. The zero-order valence-corrected chi connectivity index (χ0v) is 10.3. The van der Waals surface area contributed by atoms with E-state index in [0.717, 1.165) is 6.42 Å². The number of hydrogen-bond acceptors (Lipinski definition) is 3. The van der Waals surface area contributed by atoms with Gasteiger partial charge in [0.2, 0.25) is 0 Å². The van der Waals surface area contributed by atoms with E-state index >= 15 is 0 Å². The molecule has 0 aromatic carbocycles. The molecule has 1 amide bonds. The second-order valence-electron chi connectivity index (χ2n) is 4.87. The molecule has 2 rings (SSSR count). The number of carbonyl (C=O) groups excluding carboxylic acids is 2. The summed E-state index contributed by atoms with van der Waals surface area (Å²) >= 11 is 0. The summed E-state index contributed by atoms with van der Waals surface area (Å²) in [6, 6.07) is -0.417. The van der Waals surface area contributed by atoms with Gasteiger partial charge in [0.25, 0.3) is 5.91 Å². The van der Waals surface area contributed by atoms with Crippen molar-refractivity contribution in [3.8, 4) is 0 Å². The summed E-state index contributed by atoms with van der Waals surface area (Å²) in [7, 11) is 0. The summed E-state index contributed by atoms with van der Waals surface area (Å²) in [6.45, 7) is 5.74. The van der Waals surface area contributed by atoms with Crippen molar-refractivity contribution in [2.45, 2.75) is 39.3 Å². The Bertz CT molecular complexity index is 420. The molecule has 0 bridgehead atoms. The molecule has 0 saturated carbocycles. The smallest absolute Gasteiger partial charge is 0.259 e. The number of ether oxygens (including phenoxy) is 1. The normalized spacial score (nSPS) is 32.9. The largest absolute Gasteiger partial charge is 0.489 e. The van der Waals surface area contributed by atoms with Crippen LogP contribution in [-0.4, -0.2) is 23.8 Å². The molecular formula is C13H17NO3. The van der Waals surface area contributed by atoms with E-state index in [1.807, 2.05) is 26.8 Å². The van der Waals surface area contributed by atoms with E-state index in [-0.39, 0.29) is 29.3 Å². The lowest BCUT2D eigenvalue weighted by molar-refractivity contribution is -0.117. The Labute approximate surface area is 101 Å². The molecule has 4 nitrogen and oxygen atoms in total. The molecule has 1 N–H and O–H groups in total. The second kappa shape index (κ2) is 4.35. The van der Waals surface area contributed by atoms with Crippen molar-refractivity contribution in [3.63, 3.8) is 0 Å². The van der Waals surface area contributed by atoms with Crippen LogP contribution in [0.15, 0.2) is 23.5 Å². The summed E-state index contributed by atoms with van der Waals surface area (Å²) in [5, 5.41) is 2.71. The minimum atomic E-state index is -0.417. The highest BCUT2D eigenvalue weighted by Gasteiger charge is 2.40. The molecule has 1 fully saturated rings. The quantitative estimate of drug-likeness (QED) is 0.551. The molecule has 2 atom stereocenters. The standard InChI is InChI=1S/C13H17NO3/c1-7(2)11-12(15)10(13(16)14-11)9-6-4-5-8(3)17-9/h4,6-8,11H,5H2,1-3H3,(H,14,16)/b10-9-/t8-,11+/m0/s1. The topological polar surface area (TPSA) is 55.4 Å². The fourth-order valence-electron chi connectivity index (χ4n) is 2.06. The molecule has 0 aromatic rings. The predicted octanol–water partition coefficient (Wildman–Crippen LogP) is 1.33. The van der Waals surface area contributed by atoms with Gasteiger partial charge in [-0.25, -0.2) is 0 Å². The van der Waals surface area contributed by atoms with Gasteiger partial charge in [0, 0.05) is 6.42 Å². The van der Waals surface area contributed by atoms with Gasteiger partial charge in [-0.1, -0.05) is 19.9 Å². The summed E-state index contributed by atoms with van der Waals surface area (Å²) < 4.78 is 5.55. The molecule has 0 radical (unpaired) electrons. The van der Waals surface area contributed by atoms with Crippen LogP contribution >= 0.6 is 0 Å². The van der Waals surface area contributed by atoms with Gasteiger partial charge in [-0.15, -0.1) is 0 Å². The first-order valence-corrected chi connectivity index (χ1v) is 5.93. The molecule has 92 valence electrons. The molecule has 2 heterocycles. The van der Waals surface area contributed by atoms with Crippen molar-refractivity contribution in [1.82, 2.24) is 5.32 Å². The third-order valence-electron chi connectivity index (χ3n) is 3.02. The Kier molecular flexibility index (Phi) is 3.05. The second-order valence-corrected chi connectivity index (χ2v) is 4.87. The first-order chi connectivity index (χ1) is 8.00. The third kappa shape index (κ3) is 2.12. The Hall–Kier alpha value is -1.58. The number of carbonyl (C=O) groups is 2. The average Bonchev–Trinajstić information content (AvgIpc) is 2.54. The Morgan fingerprint density at radius 2 is 2.12 bits per heavy atom. The van der Waals surface area contributed by atoms with E-state index in [1.165, 1.54) is 0 Å². The van der Waals surface area contributed by atoms with Gasteiger partial charge in [-0.2, -0.15) is 0 Å². The fourth-order valence-corrected chi connectivity index (χ4v) is 2.06. The molecule has 0 aliphatic carbocycles. The Morgan fingerprint density at radius 1 is 1.41 bits per heavy atom. The van der Waals surface area contributed by atoms with Gasteiger partial charge in [-0.05, 0) is 18.9 Å². The van der Waals surface area contributed by atoms with Crippen molar-refractivity contribution in [3.05, 3.63) is 23.5 Å². The van der Waals surface area contributed by atoms with Crippen LogP contribution in [0.3, 0.4) is 0 Å². The van der Waals surface area contributed by atoms with E-state index in [2.05, 4.69) is 5.32 Å². The number of Topliss-reactive ketones (excluding diaryl/α,β-unsaturated/α-hetero) is 1. The van der Waals surface area contributed by atoms with E-state index in [1.54, 1.807) is 6.08 Å². The molecular weight excluding hydrogens is 218 g/mol. The van der Waals surface area contributed by atoms with Gasteiger partial charge in [0.05, 0.1) is 12.1 Å². The number of ketones is 1. The van der Waals surface area contributed by atoms with Crippen LogP contribution in [0.2, 0.25) is 0 Å². The molecule has 0 unspecified atom stereocenters. The first kappa shape index (κ1) is 11.9. The highest BCUT2D eigenvalue weighted by atomic mass is 16.5. The van der Waals surface area contributed by atoms with E-state index in [4.69, 9.17) is 4.74 Å². The van der Waals surface area contributed by atoms with Crippen LogP contribution in [0.4, 0.5) is 0 Å². The maximum absolute atomic E-state index is 12.1. The van der Waals surface area contributed by atoms with Gasteiger partial charge in [-0.3, -0.25) is 9.59 Å². The minimum absolute atomic E-state index is 0.0150. The summed E-state index contributed by atoms with van der Waals surface area (Å²) in [5.41, 5.74) is 0.173. The lowest BCUT2D eigenvalue weighted by Crippen LogP contribution is -2.33. The van der Waals surface area contributed by atoms with Crippen LogP contribution in [0.25, 0.3) is 0 Å². The number of hydrogen-bond donors (Lipinski definition) is 1. The zero-order chi connectivity index (χ0) is 12.6. The molecule has 0 spiro atoms. The van der Waals surface area contributed by atoms with Crippen molar-refractivity contribution in [1.29, 1.82) is 0 Å². The van der Waals surface area contributed by atoms with Crippen LogP contribution in [0.5, 0.6) is 0 Å². The lowest BCUT2D eigenvalue weighted by atomic mass is 9.98. The monoisotopic (exact) mass is 235 g/mol. The highest BCUT2D eigenvalue weighted by molar-refractivity contribution is 6.27. The molecule has 17 heavy (non-hydrogen) atoms. The van der Waals surface area contributed by atoms with Crippen molar-refractivity contribution >= 4 is 11.7 Å². The summed E-state index contributed by atoms with van der Waals surface area (Å²) in [6.07, 6.45) is 4.47. The molecule has 4 heteroatoms. The van der Waals surface area contributed by atoms with Gasteiger partial charge in [0.1, 0.15) is 11.3 Å². The Morgan fingerprint density at radius 3 is 2.65 bits per heavy atom. The van der Waals surface area contributed by atoms with Crippen molar-refractivity contribution in [2.75, 3.05) is 0 Å². The van der Waals surface area contributed by atoms with E-state index in [9.17, 15) is 9.59 Å². The van der Waals surface area contributed by atoms with Crippen LogP contribution in [-0.2, 0) is 14.3 Å². The number of rotatable bonds is 1. The van der Waals surface area contributed by atoms with Crippen molar-refractivity contribution in [2.24, 2.45) is 5.92 Å². The highest BCUT2D eigenvalue weighted by Crippen LogP contribution is 2.24. The lowest BCUT2D eigenvalue weighted by Gasteiger charge is -2.19. The van der Waals surface area contributed by atoms with Crippen molar-refractivity contribution < 1.29 is 14.3 Å². The SMILES string of the molecule is CC(C)[C@H]1NC(=O)/C(=C2/C=CC[C@H](C)O2)C1=O. The van der Waals surface area contributed by atoms with Crippen LogP contribution < -0.4 is 5.32 Å². The molecule has 1 saturated heterocycles. The molecule has 2 aliphatic heterocycles. The molecule has 2 aliphatic rings. The van der Waals surface area contributed by atoms with Gasteiger partial charge in [0.15, 0.2) is 5.78 Å². The zero-order valence-electron chi connectivity index (χ0n) is 10.3. The van der Waals surface area contributed by atoms with Crippen LogP contribution in [0.1, 0.15) is 27.2 Å². The first-order valence-electron chi connectivity index (χ1n) is 5.93. The summed E-state index contributed by atoms with van der Waals surface area (Å²) in [5.74, 6) is 0.0325. The minimum Gasteiger partial charge on any atom is -0.489 e. The average molecular weight is 235 g/mol. The number of allylic oxidation sites excluding steroid dienone is 1. The van der Waals surface area contributed by atoms with Gasteiger partial charge < -0.3 is 10.1 Å². The maximum Gasteiger partial charge on any atom is 0.259 e. The van der Waals surface area contributed by atoms with Gasteiger partial charge >= 0.3 is 0 Å². The Balaban J connectivity index is 2.36.